The van der Waals surface area contributed by atoms with Gasteiger partial charge in [0.1, 0.15) is 12.4 Å². The molecule has 0 spiro atoms. The fourth-order valence-corrected chi connectivity index (χ4v) is 4.44. The maximum atomic E-state index is 12.4. The molecule has 0 aliphatic carbocycles. The topological polar surface area (TPSA) is 111 Å². The number of alkyl halides is 1. The molecule has 35 heavy (non-hydrogen) atoms. The molecule has 0 aliphatic rings. The van der Waals surface area contributed by atoms with Crippen LogP contribution >= 0.6 is 0 Å². The summed E-state index contributed by atoms with van der Waals surface area (Å²) in [7, 11) is -3.35. The third-order valence-corrected chi connectivity index (χ3v) is 7.65. The second-order valence-corrected chi connectivity index (χ2v) is 10.8. The van der Waals surface area contributed by atoms with Crippen LogP contribution in [0, 0.1) is 6.92 Å². The maximum absolute atomic E-state index is 12.4. The lowest BCUT2D eigenvalue weighted by Crippen LogP contribution is -2.15. The van der Waals surface area contributed by atoms with Gasteiger partial charge in [-0.15, -0.1) is 10.2 Å². The number of halogens is 1. The molecule has 0 fully saturated rings. The summed E-state index contributed by atoms with van der Waals surface area (Å²) in [5.74, 6) is 0.581. The van der Waals surface area contributed by atoms with Crippen LogP contribution in [0.15, 0.2) is 64.0 Å². The molecule has 0 saturated heterocycles. The van der Waals surface area contributed by atoms with Crippen LogP contribution in [0.4, 0.5) is 4.39 Å². The number of sulfone groups is 1. The molecule has 0 aliphatic heterocycles. The first-order valence-corrected chi connectivity index (χ1v) is 12.7. The quantitative estimate of drug-likeness (QED) is 0.333. The van der Waals surface area contributed by atoms with Crippen molar-refractivity contribution < 1.29 is 18.7 Å². The molecule has 184 valence electrons. The zero-order valence-electron chi connectivity index (χ0n) is 19.7. The summed E-state index contributed by atoms with van der Waals surface area (Å²) < 4.78 is 42.9. The molecular weight excluding hydrogens is 469 g/mol. The van der Waals surface area contributed by atoms with Gasteiger partial charge in [0.05, 0.1) is 27.7 Å². The fraction of sp³-hybridized carbons (Fsp3) is 0.280. The molecule has 1 N–H and O–H groups in total. The van der Waals surface area contributed by atoms with E-state index in [9.17, 15) is 12.8 Å². The van der Waals surface area contributed by atoms with Crippen LogP contribution in [0.25, 0.3) is 34.3 Å². The van der Waals surface area contributed by atoms with Crippen molar-refractivity contribution in [1.29, 1.82) is 0 Å². The van der Waals surface area contributed by atoms with E-state index < -0.39 is 21.8 Å². The summed E-state index contributed by atoms with van der Waals surface area (Å²) in [4.78, 5) is 9.34. The predicted octanol–water partition coefficient (Wildman–Crippen LogP) is 4.66. The van der Waals surface area contributed by atoms with Gasteiger partial charge < -0.3 is 9.73 Å². The van der Waals surface area contributed by atoms with E-state index >= 15 is 0 Å². The Labute approximate surface area is 205 Å². The van der Waals surface area contributed by atoms with E-state index in [0.717, 1.165) is 16.7 Å². The lowest BCUT2D eigenvalue weighted by atomic mass is 10.1. The summed E-state index contributed by atoms with van der Waals surface area (Å²) in [6, 6.07) is 14.1. The molecule has 10 heteroatoms. The van der Waals surface area contributed by atoms with Gasteiger partial charge in [-0.25, -0.2) is 17.8 Å². The monoisotopic (exact) mass is 497 g/mol. The van der Waals surface area contributed by atoms with Crippen LogP contribution in [0.5, 0.6) is 0 Å². The summed E-state index contributed by atoms with van der Waals surface area (Å²) in [5.41, 5.74) is 4.12. The van der Waals surface area contributed by atoms with Crippen LogP contribution < -0.4 is 5.32 Å². The summed E-state index contributed by atoms with van der Waals surface area (Å²) in [6.07, 6.45) is 1.62. The zero-order chi connectivity index (χ0) is 25.0. The Morgan fingerprint density at radius 3 is 2.31 bits per heavy atom. The number of benzene rings is 2. The van der Waals surface area contributed by atoms with Gasteiger partial charge in [-0.1, -0.05) is 24.3 Å². The normalized spacial score (nSPS) is 11.8. The first kappa shape index (κ1) is 24.6. The molecule has 0 radical (unpaired) electrons. The molecule has 2 aromatic carbocycles. The third-order valence-electron chi connectivity index (χ3n) is 5.48. The largest absolute Gasteiger partial charge is 0.415 e. The van der Waals surface area contributed by atoms with E-state index in [0.29, 0.717) is 36.1 Å². The summed E-state index contributed by atoms with van der Waals surface area (Å²) in [6.45, 7) is 5.59. The number of rotatable bonds is 9. The lowest BCUT2D eigenvalue weighted by Gasteiger charge is -2.09. The Bertz CT molecular complexity index is 1410. The highest BCUT2D eigenvalue weighted by Crippen LogP contribution is 2.27. The van der Waals surface area contributed by atoms with E-state index in [1.165, 1.54) is 0 Å². The number of nitrogens with zero attached hydrogens (tertiary/aromatic N) is 4. The Morgan fingerprint density at radius 1 is 1.00 bits per heavy atom. The van der Waals surface area contributed by atoms with E-state index in [-0.39, 0.29) is 12.2 Å². The molecule has 0 atom stereocenters. The highest BCUT2D eigenvalue weighted by atomic mass is 32.2. The number of hydrogen-bond donors (Lipinski definition) is 1. The number of hydrogen-bond acceptors (Lipinski definition) is 8. The highest BCUT2D eigenvalue weighted by Gasteiger charge is 2.20. The molecule has 2 heterocycles. The van der Waals surface area contributed by atoms with Crippen LogP contribution in [-0.4, -0.2) is 47.1 Å². The molecule has 0 amide bonds. The second-order valence-electron chi connectivity index (χ2n) is 8.28. The maximum Gasteiger partial charge on any atom is 0.268 e. The minimum atomic E-state index is -3.35. The number of aromatic nitrogens is 4. The zero-order valence-corrected chi connectivity index (χ0v) is 20.5. The van der Waals surface area contributed by atoms with Crippen molar-refractivity contribution in [2.24, 2.45) is 0 Å². The average Bonchev–Trinajstić information content (AvgIpc) is 3.35. The smallest absolute Gasteiger partial charge is 0.268 e. The van der Waals surface area contributed by atoms with Crippen LogP contribution in [0.3, 0.4) is 0 Å². The van der Waals surface area contributed by atoms with Gasteiger partial charge in [-0.05, 0) is 50.6 Å². The lowest BCUT2D eigenvalue weighted by molar-refractivity contribution is 0.467. The molecule has 0 saturated carbocycles. The molecule has 4 aromatic rings. The summed E-state index contributed by atoms with van der Waals surface area (Å²) >= 11 is 0. The van der Waals surface area contributed by atoms with Gasteiger partial charge in [0, 0.05) is 25.6 Å². The van der Waals surface area contributed by atoms with E-state index in [1.807, 2.05) is 24.3 Å². The first-order valence-electron chi connectivity index (χ1n) is 11.2. The molecule has 2 aromatic heterocycles. The van der Waals surface area contributed by atoms with E-state index in [1.54, 1.807) is 51.2 Å². The highest BCUT2D eigenvalue weighted by molar-refractivity contribution is 7.92. The minimum Gasteiger partial charge on any atom is -0.415 e. The van der Waals surface area contributed by atoms with Gasteiger partial charge in [0.25, 0.3) is 5.89 Å². The number of aryl methyl sites for hydroxylation is 1. The van der Waals surface area contributed by atoms with Crippen molar-refractivity contribution in [2.75, 3.05) is 13.2 Å². The third kappa shape index (κ3) is 5.44. The van der Waals surface area contributed by atoms with E-state index in [4.69, 9.17) is 4.42 Å². The Kier molecular flexibility index (Phi) is 7.32. The molecule has 0 bridgehead atoms. The van der Waals surface area contributed by atoms with Gasteiger partial charge >= 0.3 is 0 Å². The SMILES string of the molecule is Cc1ncc(-c2ccc(S(=O)(=O)C(C)C)cc2)nc1-c1nnc(-c2ccc(CNCCF)cc2)o1.[HH]. The van der Waals surface area contributed by atoms with Crippen molar-refractivity contribution in [3.8, 4) is 34.3 Å². The van der Waals surface area contributed by atoms with Crippen molar-refractivity contribution in [1.82, 2.24) is 25.5 Å². The van der Waals surface area contributed by atoms with Crippen LogP contribution in [-0.2, 0) is 16.4 Å². The Hall–Kier alpha value is -3.50. The van der Waals surface area contributed by atoms with Crippen LogP contribution in [0.2, 0.25) is 0 Å². The van der Waals surface area contributed by atoms with Crippen molar-refractivity contribution >= 4 is 9.84 Å². The van der Waals surface area contributed by atoms with Crippen molar-refractivity contribution in [3.05, 3.63) is 66.0 Å². The summed E-state index contributed by atoms with van der Waals surface area (Å²) in [5, 5.41) is 10.8. The van der Waals surface area contributed by atoms with Gasteiger partial charge in [0.2, 0.25) is 5.89 Å². The average molecular weight is 498 g/mol. The first-order chi connectivity index (χ1) is 16.8. The van der Waals surface area contributed by atoms with Gasteiger partial charge in [-0.3, -0.25) is 4.98 Å². The Balaban J connectivity index is 0.00000361. The van der Waals surface area contributed by atoms with Crippen molar-refractivity contribution in [2.45, 2.75) is 37.5 Å². The van der Waals surface area contributed by atoms with E-state index in [2.05, 4.69) is 25.5 Å². The van der Waals surface area contributed by atoms with Gasteiger partial charge in [0.15, 0.2) is 9.84 Å². The number of nitrogens with one attached hydrogen (secondary N) is 1. The fourth-order valence-electron chi connectivity index (χ4n) is 3.38. The van der Waals surface area contributed by atoms with Gasteiger partial charge in [-0.2, -0.15) is 0 Å². The minimum absolute atomic E-state index is 0. The molecule has 4 rings (SSSR count). The Morgan fingerprint density at radius 2 is 1.66 bits per heavy atom. The van der Waals surface area contributed by atoms with Crippen molar-refractivity contribution in [3.63, 3.8) is 0 Å². The standard InChI is InChI=1S/C25H26FN5O3S.H2/c1-16(2)35(32,33)21-10-8-19(9-11-21)22-15-28-17(3)23(29-22)25-31-30-24(34-25)20-6-4-18(5-7-20)14-27-13-12-26;/h4-11,15-16,27H,12-14H2,1-3H3;1H. The predicted molar refractivity (Wildman–Crippen MR) is 133 cm³/mol. The molecular formula is C25H28FN5O3S. The molecule has 8 nitrogen and oxygen atoms in total. The van der Waals surface area contributed by atoms with Crippen LogP contribution in [0.1, 0.15) is 26.5 Å². The second kappa shape index (κ2) is 10.4. The molecule has 0 unspecified atom stereocenters.